The number of carbonyl (C=O) groups is 1. The van der Waals surface area contributed by atoms with Crippen molar-refractivity contribution < 1.29 is 9.90 Å². The quantitative estimate of drug-likeness (QED) is 0.849. The number of hydrogen-bond donors (Lipinski definition) is 2. The van der Waals surface area contributed by atoms with E-state index in [0.29, 0.717) is 16.5 Å². The molecule has 4 heteroatoms. The van der Waals surface area contributed by atoms with Crippen molar-refractivity contribution in [3.8, 4) is 0 Å². The number of hydrogen-bond acceptors (Lipinski definition) is 2. The third-order valence-electron chi connectivity index (χ3n) is 2.42. The summed E-state index contributed by atoms with van der Waals surface area (Å²) in [5.41, 5.74) is 0.552. The molecular formula is C13H18ClNO2. The van der Waals surface area contributed by atoms with Gasteiger partial charge >= 0.3 is 0 Å². The highest BCUT2D eigenvalue weighted by Gasteiger charge is 2.14. The summed E-state index contributed by atoms with van der Waals surface area (Å²) in [6, 6.07) is 6.49. The summed E-state index contributed by atoms with van der Waals surface area (Å²) in [6.07, 6.45) is 0.760. The molecule has 0 heterocycles. The molecule has 0 spiro atoms. The maximum Gasteiger partial charge on any atom is 0.251 e. The Bertz CT molecular complexity index is 362. The molecule has 0 radical (unpaired) electrons. The molecule has 0 bridgehead atoms. The molecule has 0 aliphatic rings. The van der Waals surface area contributed by atoms with E-state index in [-0.39, 0.29) is 18.6 Å². The molecule has 0 fully saturated rings. The zero-order valence-corrected chi connectivity index (χ0v) is 10.9. The molecule has 1 aromatic carbocycles. The van der Waals surface area contributed by atoms with Crippen LogP contribution in [-0.2, 0) is 0 Å². The summed E-state index contributed by atoms with van der Waals surface area (Å²) in [5.74, 6) is 0.249. The smallest absolute Gasteiger partial charge is 0.251 e. The molecule has 94 valence electrons. The van der Waals surface area contributed by atoms with Crippen LogP contribution in [0.15, 0.2) is 24.3 Å². The summed E-state index contributed by atoms with van der Waals surface area (Å²) in [7, 11) is 0. The van der Waals surface area contributed by atoms with Crippen molar-refractivity contribution in [3.05, 3.63) is 34.9 Å². The molecule has 0 saturated heterocycles. The lowest BCUT2D eigenvalue weighted by Gasteiger charge is -2.18. The number of amides is 1. The average Bonchev–Trinajstić information content (AvgIpc) is 2.28. The van der Waals surface area contributed by atoms with Gasteiger partial charge in [0, 0.05) is 10.6 Å². The van der Waals surface area contributed by atoms with E-state index in [1.165, 1.54) is 0 Å². The lowest BCUT2D eigenvalue weighted by molar-refractivity contribution is 0.0908. The monoisotopic (exact) mass is 255 g/mol. The van der Waals surface area contributed by atoms with Crippen LogP contribution in [0, 0.1) is 5.92 Å². The summed E-state index contributed by atoms with van der Waals surface area (Å²) >= 11 is 5.75. The minimum absolute atomic E-state index is 0.0441. The Hall–Kier alpha value is -1.06. The van der Waals surface area contributed by atoms with Crippen LogP contribution in [0.5, 0.6) is 0 Å². The lowest BCUT2D eigenvalue weighted by Crippen LogP contribution is -2.38. The van der Waals surface area contributed by atoms with Crippen LogP contribution in [0.3, 0.4) is 0 Å². The molecule has 0 unspecified atom stereocenters. The zero-order valence-electron chi connectivity index (χ0n) is 10.1. The van der Waals surface area contributed by atoms with E-state index in [4.69, 9.17) is 11.6 Å². The predicted octanol–water partition coefficient (Wildman–Crippen LogP) is 2.48. The molecule has 0 saturated carbocycles. The van der Waals surface area contributed by atoms with Crippen molar-refractivity contribution in [1.82, 2.24) is 5.32 Å². The predicted molar refractivity (Wildman–Crippen MR) is 69.2 cm³/mol. The van der Waals surface area contributed by atoms with Crippen LogP contribution >= 0.6 is 11.6 Å². The van der Waals surface area contributed by atoms with E-state index < -0.39 is 0 Å². The highest BCUT2D eigenvalue weighted by atomic mass is 35.5. The molecule has 3 nitrogen and oxygen atoms in total. The molecule has 1 atom stereocenters. The Labute approximate surface area is 107 Å². The maximum atomic E-state index is 11.8. The summed E-state index contributed by atoms with van der Waals surface area (Å²) in [6.45, 7) is 4.06. The van der Waals surface area contributed by atoms with Crippen molar-refractivity contribution in [2.24, 2.45) is 5.92 Å². The van der Waals surface area contributed by atoms with E-state index >= 15 is 0 Å². The van der Waals surface area contributed by atoms with Crippen LogP contribution in [0.2, 0.25) is 5.02 Å². The number of rotatable bonds is 5. The third-order valence-corrected chi connectivity index (χ3v) is 2.67. The first-order valence-corrected chi connectivity index (χ1v) is 6.08. The zero-order chi connectivity index (χ0) is 12.8. The van der Waals surface area contributed by atoms with Crippen LogP contribution in [0.4, 0.5) is 0 Å². The summed E-state index contributed by atoms with van der Waals surface area (Å²) in [4.78, 5) is 11.8. The van der Waals surface area contributed by atoms with Crippen molar-refractivity contribution in [2.75, 3.05) is 6.61 Å². The molecule has 1 amide bonds. The molecule has 0 aromatic heterocycles. The Kier molecular flexibility index (Phi) is 5.45. The van der Waals surface area contributed by atoms with Gasteiger partial charge in [-0.2, -0.15) is 0 Å². The van der Waals surface area contributed by atoms with Crippen LogP contribution in [0.1, 0.15) is 30.6 Å². The fourth-order valence-corrected chi connectivity index (χ4v) is 1.74. The van der Waals surface area contributed by atoms with Gasteiger partial charge in [0.15, 0.2) is 0 Å². The van der Waals surface area contributed by atoms with Crippen molar-refractivity contribution >= 4 is 17.5 Å². The van der Waals surface area contributed by atoms with Crippen molar-refractivity contribution in [2.45, 2.75) is 26.3 Å². The molecule has 2 N–H and O–H groups in total. The summed E-state index contributed by atoms with van der Waals surface area (Å²) < 4.78 is 0. The Morgan fingerprint density at radius 3 is 2.41 bits per heavy atom. The SMILES string of the molecule is CC(C)C[C@@H](CO)NC(=O)c1ccc(Cl)cc1. The maximum absolute atomic E-state index is 11.8. The number of carbonyl (C=O) groups excluding carboxylic acids is 1. The fraction of sp³-hybridized carbons (Fsp3) is 0.462. The van der Waals surface area contributed by atoms with Gasteiger partial charge in [0.05, 0.1) is 12.6 Å². The van der Waals surface area contributed by atoms with Gasteiger partial charge in [0.2, 0.25) is 0 Å². The second-order valence-corrected chi connectivity index (χ2v) is 4.93. The van der Waals surface area contributed by atoms with Gasteiger partial charge in [-0.25, -0.2) is 0 Å². The Morgan fingerprint density at radius 1 is 1.35 bits per heavy atom. The molecule has 1 rings (SSSR count). The Morgan fingerprint density at radius 2 is 1.94 bits per heavy atom. The van der Waals surface area contributed by atoms with Gasteiger partial charge in [-0.3, -0.25) is 4.79 Å². The molecule has 17 heavy (non-hydrogen) atoms. The molecule has 1 aromatic rings. The fourth-order valence-electron chi connectivity index (χ4n) is 1.62. The van der Waals surface area contributed by atoms with E-state index in [1.54, 1.807) is 24.3 Å². The van der Waals surface area contributed by atoms with E-state index in [0.717, 1.165) is 6.42 Å². The van der Waals surface area contributed by atoms with Gasteiger partial charge in [0.1, 0.15) is 0 Å². The number of nitrogens with one attached hydrogen (secondary N) is 1. The first kappa shape index (κ1) is 14.0. The average molecular weight is 256 g/mol. The minimum Gasteiger partial charge on any atom is -0.394 e. The van der Waals surface area contributed by atoms with Crippen LogP contribution in [-0.4, -0.2) is 23.7 Å². The first-order chi connectivity index (χ1) is 8.02. The molecular weight excluding hydrogens is 238 g/mol. The van der Waals surface area contributed by atoms with Crippen LogP contribution in [0.25, 0.3) is 0 Å². The second-order valence-electron chi connectivity index (χ2n) is 4.49. The largest absolute Gasteiger partial charge is 0.394 e. The van der Waals surface area contributed by atoms with Gasteiger partial charge in [-0.1, -0.05) is 25.4 Å². The number of benzene rings is 1. The lowest BCUT2D eigenvalue weighted by atomic mass is 10.0. The number of aliphatic hydroxyl groups excluding tert-OH is 1. The normalized spacial score (nSPS) is 12.5. The third kappa shape index (κ3) is 4.75. The minimum atomic E-state index is -0.196. The van der Waals surface area contributed by atoms with Gasteiger partial charge in [0.25, 0.3) is 5.91 Å². The Balaban J connectivity index is 2.61. The van der Waals surface area contributed by atoms with E-state index in [1.807, 2.05) is 0 Å². The van der Waals surface area contributed by atoms with Gasteiger partial charge in [-0.05, 0) is 36.6 Å². The van der Waals surface area contributed by atoms with E-state index in [2.05, 4.69) is 19.2 Å². The highest BCUT2D eigenvalue weighted by Crippen LogP contribution is 2.10. The molecule has 0 aliphatic heterocycles. The van der Waals surface area contributed by atoms with Crippen LogP contribution < -0.4 is 5.32 Å². The highest BCUT2D eigenvalue weighted by molar-refractivity contribution is 6.30. The van der Waals surface area contributed by atoms with E-state index in [9.17, 15) is 9.90 Å². The van der Waals surface area contributed by atoms with Gasteiger partial charge < -0.3 is 10.4 Å². The second kappa shape index (κ2) is 6.62. The summed E-state index contributed by atoms with van der Waals surface area (Å²) in [5, 5.41) is 12.6. The standard InChI is InChI=1S/C13H18ClNO2/c1-9(2)7-12(8-16)15-13(17)10-3-5-11(14)6-4-10/h3-6,9,12,16H,7-8H2,1-2H3,(H,15,17)/t12-/m0/s1. The van der Waals surface area contributed by atoms with Gasteiger partial charge in [-0.15, -0.1) is 0 Å². The topological polar surface area (TPSA) is 49.3 Å². The van der Waals surface area contributed by atoms with Crippen molar-refractivity contribution in [1.29, 1.82) is 0 Å². The number of aliphatic hydroxyl groups is 1. The number of halogens is 1. The molecule has 0 aliphatic carbocycles. The van der Waals surface area contributed by atoms with Crippen molar-refractivity contribution in [3.63, 3.8) is 0 Å². The first-order valence-electron chi connectivity index (χ1n) is 5.70.